The van der Waals surface area contributed by atoms with E-state index in [1.807, 2.05) is 50.7 Å². The molecule has 1 amide bonds. The topological polar surface area (TPSA) is 59.6 Å². The normalized spacial score (nSPS) is 11.0. The average Bonchev–Trinajstić information content (AvgIpc) is 2.46. The molecule has 130 valence electrons. The molecule has 0 unspecified atom stereocenters. The van der Waals surface area contributed by atoms with Crippen LogP contribution in [0.25, 0.3) is 0 Å². The number of carbonyl (C=O) groups is 1. The van der Waals surface area contributed by atoms with Crippen molar-refractivity contribution >= 4 is 29.2 Å². The molecule has 5 nitrogen and oxygen atoms in total. The molecular formula is C17H28N2O3S. The number of hydrogen-bond acceptors (Lipinski definition) is 5. The van der Waals surface area contributed by atoms with Gasteiger partial charge in [0.05, 0.1) is 18.5 Å². The van der Waals surface area contributed by atoms with Crippen LogP contribution in [-0.4, -0.2) is 36.9 Å². The van der Waals surface area contributed by atoms with E-state index < -0.39 is 11.7 Å². The lowest BCUT2D eigenvalue weighted by atomic mass is 10.2. The zero-order valence-corrected chi connectivity index (χ0v) is 15.5. The van der Waals surface area contributed by atoms with E-state index in [1.54, 1.807) is 7.11 Å². The molecular weight excluding hydrogens is 312 g/mol. The molecule has 0 aliphatic heterocycles. The van der Waals surface area contributed by atoms with Gasteiger partial charge in [-0.25, -0.2) is 4.79 Å². The first-order valence-corrected chi connectivity index (χ1v) is 9.01. The summed E-state index contributed by atoms with van der Waals surface area (Å²) in [6, 6.07) is 5.50. The monoisotopic (exact) mass is 340 g/mol. The van der Waals surface area contributed by atoms with E-state index in [2.05, 4.69) is 17.6 Å². The maximum Gasteiger partial charge on any atom is 0.412 e. The summed E-state index contributed by atoms with van der Waals surface area (Å²) in [5.74, 6) is 2.98. The van der Waals surface area contributed by atoms with Crippen LogP contribution in [0, 0.1) is 0 Å². The van der Waals surface area contributed by atoms with E-state index in [0.717, 1.165) is 35.9 Å². The molecule has 0 heterocycles. The Morgan fingerprint density at radius 2 is 2.00 bits per heavy atom. The SMILES string of the molecule is CCSCCCNc1cc(OC)ccc1NC(=O)OC(C)(C)C. The highest BCUT2D eigenvalue weighted by molar-refractivity contribution is 7.99. The molecule has 0 aliphatic rings. The number of anilines is 2. The van der Waals surface area contributed by atoms with Gasteiger partial charge in [0.2, 0.25) is 0 Å². The number of rotatable bonds is 8. The summed E-state index contributed by atoms with van der Waals surface area (Å²) in [5.41, 5.74) is 0.988. The number of ether oxygens (including phenoxy) is 2. The van der Waals surface area contributed by atoms with Crippen LogP contribution in [0.1, 0.15) is 34.1 Å². The van der Waals surface area contributed by atoms with Crippen LogP contribution in [0.4, 0.5) is 16.2 Å². The number of carbonyl (C=O) groups excluding carboxylic acids is 1. The molecule has 2 N–H and O–H groups in total. The molecule has 1 rings (SSSR count). The zero-order chi connectivity index (χ0) is 17.3. The van der Waals surface area contributed by atoms with Gasteiger partial charge in [0.25, 0.3) is 0 Å². The molecule has 0 fully saturated rings. The summed E-state index contributed by atoms with van der Waals surface area (Å²) >= 11 is 1.92. The third kappa shape index (κ3) is 8.02. The van der Waals surface area contributed by atoms with Crippen molar-refractivity contribution in [3.63, 3.8) is 0 Å². The molecule has 23 heavy (non-hydrogen) atoms. The quantitative estimate of drug-likeness (QED) is 0.677. The van der Waals surface area contributed by atoms with Crippen LogP contribution in [0.2, 0.25) is 0 Å². The maximum absolute atomic E-state index is 12.0. The molecule has 0 atom stereocenters. The highest BCUT2D eigenvalue weighted by atomic mass is 32.2. The number of amides is 1. The van der Waals surface area contributed by atoms with Crippen molar-refractivity contribution in [2.45, 2.75) is 39.7 Å². The average molecular weight is 340 g/mol. The lowest BCUT2D eigenvalue weighted by Crippen LogP contribution is -2.27. The van der Waals surface area contributed by atoms with Crippen molar-refractivity contribution < 1.29 is 14.3 Å². The van der Waals surface area contributed by atoms with Gasteiger partial charge in [-0.15, -0.1) is 0 Å². The predicted molar refractivity (Wildman–Crippen MR) is 99.0 cm³/mol. The number of thioether (sulfide) groups is 1. The van der Waals surface area contributed by atoms with Crippen molar-refractivity contribution in [2.24, 2.45) is 0 Å². The van der Waals surface area contributed by atoms with Gasteiger partial charge in [0.15, 0.2) is 0 Å². The lowest BCUT2D eigenvalue weighted by molar-refractivity contribution is 0.0636. The molecule has 0 bridgehead atoms. The van der Waals surface area contributed by atoms with Gasteiger partial charge < -0.3 is 14.8 Å². The highest BCUT2D eigenvalue weighted by Gasteiger charge is 2.17. The highest BCUT2D eigenvalue weighted by Crippen LogP contribution is 2.27. The summed E-state index contributed by atoms with van der Waals surface area (Å²) < 4.78 is 10.6. The van der Waals surface area contributed by atoms with Gasteiger partial charge in [0, 0.05) is 12.6 Å². The molecule has 0 aliphatic carbocycles. The fourth-order valence-corrected chi connectivity index (χ4v) is 2.50. The molecule has 1 aromatic carbocycles. The van der Waals surface area contributed by atoms with Crippen LogP contribution in [0.3, 0.4) is 0 Å². The van der Waals surface area contributed by atoms with Crippen molar-refractivity contribution in [2.75, 3.05) is 35.8 Å². The number of nitrogens with one attached hydrogen (secondary N) is 2. The number of benzene rings is 1. The van der Waals surface area contributed by atoms with E-state index >= 15 is 0 Å². The lowest BCUT2D eigenvalue weighted by Gasteiger charge is -2.21. The predicted octanol–water partition coefficient (Wildman–Crippen LogP) is 4.60. The fourth-order valence-electron chi connectivity index (χ4n) is 1.86. The Hall–Kier alpha value is -1.56. The minimum Gasteiger partial charge on any atom is -0.497 e. The Balaban J connectivity index is 2.71. The molecule has 0 aromatic heterocycles. The van der Waals surface area contributed by atoms with E-state index in [9.17, 15) is 4.79 Å². The third-order valence-electron chi connectivity index (χ3n) is 2.85. The first-order chi connectivity index (χ1) is 10.9. The van der Waals surface area contributed by atoms with Gasteiger partial charge in [0.1, 0.15) is 11.4 Å². The fraction of sp³-hybridized carbons (Fsp3) is 0.588. The van der Waals surface area contributed by atoms with Gasteiger partial charge in [-0.3, -0.25) is 5.32 Å². The van der Waals surface area contributed by atoms with Crippen molar-refractivity contribution in [1.29, 1.82) is 0 Å². The summed E-state index contributed by atoms with van der Waals surface area (Å²) in [6.45, 7) is 8.51. The largest absolute Gasteiger partial charge is 0.497 e. The molecule has 1 aromatic rings. The van der Waals surface area contributed by atoms with Crippen molar-refractivity contribution in [1.82, 2.24) is 0 Å². The standard InChI is InChI=1S/C17H28N2O3S/c1-6-23-11-7-10-18-15-12-13(21-5)8-9-14(15)19-16(20)22-17(2,3)4/h8-9,12,18H,6-7,10-11H2,1-5H3,(H,19,20). The van der Waals surface area contributed by atoms with Crippen molar-refractivity contribution in [3.05, 3.63) is 18.2 Å². The number of methoxy groups -OCH3 is 1. The van der Waals surface area contributed by atoms with E-state index in [-0.39, 0.29) is 0 Å². The maximum atomic E-state index is 12.0. The molecule has 0 saturated carbocycles. The summed E-state index contributed by atoms with van der Waals surface area (Å²) in [4.78, 5) is 12.0. The van der Waals surface area contributed by atoms with E-state index in [4.69, 9.17) is 9.47 Å². The zero-order valence-electron chi connectivity index (χ0n) is 14.7. The smallest absolute Gasteiger partial charge is 0.412 e. The van der Waals surface area contributed by atoms with Gasteiger partial charge in [-0.1, -0.05) is 6.92 Å². The molecule has 0 saturated heterocycles. The Kier molecular flexibility index (Phi) is 8.09. The second kappa shape index (κ2) is 9.55. The van der Waals surface area contributed by atoms with Crippen LogP contribution in [0.15, 0.2) is 18.2 Å². The molecule has 0 radical (unpaired) electrons. The Labute approximate surface area is 143 Å². The first kappa shape index (κ1) is 19.5. The first-order valence-electron chi connectivity index (χ1n) is 7.85. The molecule has 6 heteroatoms. The van der Waals surface area contributed by atoms with Gasteiger partial charge >= 0.3 is 6.09 Å². The second-order valence-electron chi connectivity index (χ2n) is 6.02. The number of hydrogen-bond donors (Lipinski definition) is 2. The third-order valence-corrected chi connectivity index (χ3v) is 3.83. The van der Waals surface area contributed by atoms with E-state index in [0.29, 0.717) is 5.69 Å². The second-order valence-corrected chi connectivity index (χ2v) is 7.41. The van der Waals surface area contributed by atoms with Crippen molar-refractivity contribution in [3.8, 4) is 5.75 Å². The summed E-state index contributed by atoms with van der Waals surface area (Å²) in [7, 11) is 1.62. The minimum absolute atomic E-state index is 0.466. The van der Waals surface area contributed by atoms with E-state index in [1.165, 1.54) is 0 Å². The van der Waals surface area contributed by atoms with Gasteiger partial charge in [-0.2, -0.15) is 11.8 Å². The van der Waals surface area contributed by atoms with Gasteiger partial charge in [-0.05, 0) is 50.8 Å². The minimum atomic E-state index is -0.526. The van der Waals surface area contributed by atoms with Crippen LogP contribution in [-0.2, 0) is 4.74 Å². The van der Waals surface area contributed by atoms with Crippen LogP contribution in [0.5, 0.6) is 5.75 Å². The Bertz CT molecular complexity index is 501. The Morgan fingerprint density at radius 3 is 2.61 bits per heavy atom. The van der Waals surface area contributed by atoms with Crippen LogP contribution >= 0.6 is 11.8 Å². The van der Waals surface area contributed by atoms with Crippen LogP contribution < -0.4 is 15.4 Å². The summed E-state index contributed by atoms with van der Waals surface area (Å²) in [6.07, 6.45) is 0.592. The molecule has 0 spiro atoms. The summed E-state index contributed by atoms with van der Waals surface area (Å²) in [5, 5.41) is 6.14. The Morgan fingerprint density at radius 1 is 1.26 bits per heavy atom.